The molecule has 2 rings (SSSR count). The average Bonchev–Trinajstić information content (AvgIpc) is 2.90. The largest absolute Gasteiger partial charge is 0.494 e. The SMILES string of the molecule is CCOc1ccc(C(CN2CCCC2)NC)cc1. The van der Waals surface area contributed by atoms with Gasteiger partial charge in [-0.1, -0.05) is 12.1 Å². The molecule has 0 aliphatic carbocycles. The Morgan fingerprint density at radius 2 is 1.89 bits per heavy atom. The summed E-state index contributed by atoms with van der Waals surface area (Å²) in [5, 5.41) is 3.41. The maximum atomic E-state index is 5.48. The van der Waals surface area contributed by atoms with Crippen LogP contribution in [0.3, 0.4) is 0 Å². The van der Waals surface area contributed by atoms with Crippen molar-refractivity contribution in [3.8, 4) is 5.75 Å². The van der Waals surface area contributed by atoms with Crippen molar-refractivity contribution < 1.29 is 4.74 Å². The third kappa shape index (κ3) is 3.47. The van der Waals surface area contributed by atoms with Gasteiger partial charge in [-0.3, -0.25) is 0 Å². The van der Waals surface area contributed by atoms with E-state index in [-0.39, 0.29) is 0 Å². The lowest BCUT2D eigenvalue weighted by Gasteiger charge is -2.23. The molecule has 1 fully saturated rings. The molecule has 0 amide bonds. The number of rotatable bonds is 6. The van der Waals surface area contributed by atoms with Gasteiger partial charge >= 0.3 is 0 Å². The van der Waals surface area contributed by atoms with E-state index < -0.39 is 0 Å². The van der Waals surface area contributed by atoms with E-state index in [0.717, 1.165) is 18.9 Å². The predicted octanol–water partition coefficient (Wildman–Crippen LogP) is 2.44. The number of nitrogens with zero attached hydrogens (tertiary/aromatic N) is 1. The topological polar surface area (TPSA) is 24.5 Å². The zero-order valence-corrected chi connectivity index (χ0v) is 11.5. The molecule has 0 radical (unpaired) electrons. The van der Waals surface area contributed by atoms with Gasteiger partial charge in [-0.05, 0) is 57.6 Å². The number of likely N-dealkylation sites (N-methyl/N-ethyl adjacent to an activating group) is 1. The van der Waals surface area contributed by atoms with E-state index in [2.05, 4.69) is 34.5 Å². The molecule has 1 unspecified atom stereocenters. The Bertz CT molecular complexity index is 344. The smallest absolute Gasteiger partial charge is 0.119 e. The summed E-state index contributed by atoms with van der Waals surface area (Å²) in [7, 11) is 2.04. The van der Waals surface area contributed by atoms with Gasteiger partial charge in [0.1, 0.15) is 5.75 Å². The van der Waals surface area contributed by atoms with Crippen molar-refractivity contribution in [2.24, 2.45) is 0 Å². The molecule has 0 spiro atoms. The Kier molecular flexibility index (Phi) is 5.02. The molecule has 1 aliphatic heterocycles. The molecule has 1 aliphatic rings. The monoisotopic (exact) mass is 248 g/mol. The van der Waals surface area contributed by atoms with Gasteiger partial charge in [0.2, 0.25) is 0 Å². The average molecular weight is 248 g/mol. The van der Waals surface area contributed by atoms with E-state index in [1.165, 1.54) is 31.5 Å². The summed E-state index contributed by atoms with van der Waals surface area (Å²) in [5.74, 6) is 0.956. The molecule has 3 heteroatoms. The highest BCUT2D eigenvalue weighted by Crippen LogP contribution is 2.20. The molecule has 1 atom stereocenters. The summed E-state index contributed by atoms with van der Waals surface area (Å²) in [6.45, 7) is 6.33. The van der Waals surface area contributed by atoms with Crippen LogP contribution in [0.2, 0.25) is 0 Å². The first kappa shape index (κ1) is 13.4. The van der Waals surface area contributed by atoms with Crippen LogP contribution in [0.1, 0.15) is 31.4 Å². The third-order valence-corrected chi connectivity index (χ3v) is 3.58. The number of hydrogen-bond donors (Lipinski definition) is 1. The number of benzene rings is 1. The Balaban J connectivity index is 1.97. The fourth-order valence-corrected chi connectivity index (χ4v) is 2.55. The summed E-state index contributed by atoms with van der Waals surface area (Å²) in [6, 6.07) is 8.88. The molecule has 1 aromatic rings. The van der Waals surface area contributed by atoms with E-state index >= 15 is 0 Å². The van der Waals surface area contributed by atoms with Gasteiger partial charge in [0.25, 0.3) is 0 Å². The molecule has 100 valence electrons. The first-order valence-corrected chi connectivity index (χ1v) is 6.96. The van der Waals surface area contributed by atoms with Crippen LogP contribution in [0, 0.1) is 0 Å². The Morgan fingerprint density at radius 1 is 1.22 bits per heavy atom. The van der Waals surface area contributed by atoms with Crippen molar-refractivity contribution in [2.45, 2.75) is 25.8 Å². The normalized spacial score (nSPS) is 17.9. The van der Waals surface area contributed by atoms with Crippen LogP contribution in [-0.2, 0) is 0 Å². The van der Waals surface area contributed by atoms with Gasteiger partial charge in [-0.15, -0.1) is 0 Å². The molecule has 1 saturated heterocycles. The van der Waals surface area contributed by atoms with Crippen molar-refractivity contribution in [2.75, 3.05) is 33.3 Å². The van der Waals surface area contributed by atoms with Crippen LogP contribution >= 0.6 is 0 Å². The Labute approximate surface area is 110 Å². The molecular formula is C15H24N2O. The van der Waals surface area contributed by atoms with Crippen LogP contribution < -0.4 is 10.1 Å². The lowest BCUT2D eigenvalue weighted by Crippen LogP contribution is -2.31. The Morgan fingerprint density at radius 3 is 2.44 bits per heavy atom. The molecule has 1 aromatic carbocycles. The van der Waals surface area contributed by atoms with E-state index in [9.17, 15) is 0 Å². The summed E-state index contributed by atoms with van der Waals surface area (Å²) >= 11 is 0. The zero-order chi connectivity index (χ0) is 12.8. The first-order chi connectivity index (χ1) is 8.83. The second kappa shape index (κ2) is 6.76. The van der Waals surface area contributed by atoms with Crippen molar-refractivity contribution in [3.63, 3.8) is 0 Å². The lowest BCUT2D eigenvalue weighted by atomic mass is 10.1. The molecule has 1 heterocycles. The molecule has 18 heavy (non-hydrogen) atoms. The summed E-state index contributed by atoms with van der Waals surface area (Å²) in [5.41, 5.74) is 1.34. The summed E-state index contributed by atoms with van der Waals surface area (Å²) in [6.07, 6.45) is 2.69. The number of nitrogens with one attached hydrogen (secondary N) is 1. The molecule has 1 N–H and O–H groups in total. The minimum Gasteiger partial charge on any atom is -0.494 e. The second-order valence-electron chi connectivity index (χ2n) is 4.85. The second-order valence-corrected chi connectivity index (χ2v) is 4.85. The fraction of sp³-hybridized carbons (Fsp3) is 0.600. The lowest BCUT2D eigenvalue weighted by molar-refractivity contribution is 0.299. The highest BCUT2D eigenvalue weighted by Gasteiger charge is 2.17. The van der Waals surface area contributed by atoms with E-state index in [1.54, 1.807) is 0 Å². The van der Waals surface area contributed by atoms with Gasteiger partial charge in [0, 0.05) is 12.6 Å². The van der Waals surface area contributed by atoms with Crippen LogP contribution in [0.25, 0.3) is 0 Å². The highest BCUT2D eigenvalue weighted by atomic mass is 16.5. The minimum atomic E-state index is 0.416. The molecule has 0 aromatic heterocycles. The Hall–Kier alpha value is -1.06. The van der Waals surface area contributed by atoms with Crippen molar-refractivity contribution in [1.82, 2.24) is 10.2 Å². The van der Waals surface area contributed by atoms with Crippen LogP contribution in [0.4, 0.5) is 0 Å². The minimum absolute atomic E-state index is 0.416. The van der Waals surface area contributed by atoms with Gasteiger partial charge in [0.05, 0.1) is 6.61 Å². The third-order valence-electron chi connectivity index (χ3n) is 3.58. The predicted molar refractivity (Wildman–Crippen MR) is 75.1 cm³/mol. The number of likely N-dealkylation sites (tertiary alicyclic amines) is 1. The quantitative estimate of drug-likeness (QED) is 0.837. The standard InChI is InChI=1S/C15H24N2O/c1-3-18-14-8-6-13(7-9-14)15(16-2)12-17-10-4-5-11-17/h6-9,15-16H,3-5,10-12H2,1-2H3. The van der Waals surface area contributed by atoms with Gasteiger partial charge in [0.15, 0.2) is 0 Å². The van der Waals surface area contributed by atoms with E-state index in [0.29, 0.717) is 6.04 Å². The maximum Gasteiger partial charge on any atom is 0.119 e. The van der Waals surface area contributed by atoms with Crippen molar-refractivity contribution in [1.29, 1.82) is 0 Å². The van der Waals surface area contributed by atoms with E-state index in [1.807, 2.05) is 14.0 Å². The van der Waals surface area contributed by atoms with Crippen LogP contribution in [0.5, 0.6) is 5.75 Å². The maximum absolute atomic E-state index is 5.48. The fourth-order valence-electron chi connectivity index (χ4n) is 2.55. The van der Waals surface area contributed by atoms with E-state index in [4.69, 9.17) is 4.74 Å². The first-order valence-electron chi connectivity index (χ1n) is 6.96. The molecular weight excluding hydrogens is 224 g/mol. The molecule has 3 nitrogen and oxygen atoms in total. The van der Waals surface area contributed by atoms with Crippen LogP contribution in [-0.4, -0.2) is 38.2 Å². The zero-order valence-electron chi connectivity index (χ0n) is 11.5. The van der Waals surface area contributed by atoms with Gasteiger partial charge < -0.3 is 15.0 Å². The molecule has 0 saturated carbocycles. The van der Waals surface area contributed by atoms with Gasteiger partial charge in [-0.2, -0.15) is 0 Å². The molecule has 0 bridgehead atoms. The van der Waals surface area contributed by atoms with Crippen molar-refractivity contribution in [3.05, 3.63) is 29.8 Å². The highest BCUT2D eigenvalue weighted by molar-refractivity contribution is 5.29. The van der Waals surface area contributed by atoms with Crippen LogP contribution in [0.15, 0.2) is 24.3 Å². The van der Waals surface area contributed by atoms with Crippen molar-refractivity contribution >= 4 is 0 Å². The summed E-state index contributed by atoms with van der Waals surface area (Å²) < 4.78 is 5.48. The summed E-state index contributed by atoms with van der Waals surface area (Å²) in [4.78, 5) is 2.54. The van der Waals surface area contributed by atoms with Gasteiger partial charge in [-0.25, -0.2) is 0 Å². The number of ether oxygens (including phenoxy) is 1. The number of hydrogen-bond acceptors (Lipinski definition) is 3.